The molecule has 0 fully saturated rings. The number of rotatable bonds is 5. The Morgan fingerprint density at radius 3 is 2.55 bits per heavy atom. The van der Waals surface area contributed by atoms with Gasteiger partial charge in [-0.25, -0.2) is 14.2 Å². The minimum absolute atomic E-state index is 0.00371. The van der Waals surface area contributed by atoms with Crippen LogP contribution in [0.4, 0.5) is 5.95 Å². The second kappa shape index (κ2) is 6.69. The minimum Gasteiger partial charge on any atom is -0.279 e. The zero-order valence-corrected chi connectivity index (χ0v) is 13.5. The van der Waals surface area contributed by atoms with Crippen LogP contribution in [0.1, 0.15) is 33.6 Å². The summed E-state index contributed by atoms with van der Waals surface area (Å²) in [6, 6.07) is 3.29. The monoisotopic (exact) mass is 322 g/mol. The fourth-order valence-electron chi connectivity index (χ4n) is 2.35. The van der Waals surface area contributed by atoms with Crippen molar-refractivity contribution in [3.8, 4) is 5.00 Å². The highest BCUT2D eigenvalue weighted by Gasteiger charge is 2.23. The Labute approximate surface area is 131 Å². The van der Waals surface area contributed by atoms with Gasteiger partial charge in [-0.15, -0.1) is 11.3 Å². The minimum atomic E-state index is -0.696. The van der Waals surface area contributed by atoms with Crippen molar-refractivity contribution in [2.75, 3.05) is 4.90 Å². The van der Waals surface area contributed by atoms with Gasteiger partial charge in [0.05, 0.1) is 0 Å². The maximum Gasteiger partial charge on any atom is 0.360 e. The summed E-state index contributed by atoms with van der Waals surface area (Å²) < 4.78 is 0.958. The predicted molar refractivity (Wildman–Crippen MR) is 85.9 cm³/mol. The van der Waals surface area contributed by atoms with Crippen LogP contribution in [0.5, 0.6) is 0 Å². The van der Waals surface area contributed by atoms with Gasteiger partial charge >= 0.3 is 11.4 Å². The molecule has 0 radical (unpaired) electrons. The molecule has 0 aliphatic rings. The molecule has 0 saturated heterocycles. The number of amides is 1. The second-order valence-electron chi connectivity index (χ2n) is 4.79. The molecule has 1 amide bonds. The molecular weight excluding hydrogens is 304 g/mol. The first-order valence-electron chi connectivity index (χ1n) is 7.06. The first-order valence-corrected chi connectivity index (χ1v) is 7.94. The Hall–Kier alpha value is -2.22. The van der Waals surface area contributed by atoms with Crippen molar-refractivity contribution in [1.82, 2.24) is 14.5 Å². The van der Waals surface area contributed by atoms with Crippen molar-refractivity contribution in [3.63, 3.8) is 0 Å². The number of aromatic nitrogens is 3. The number of hydrogen-bond acceptors (Lipinski definition) is 5. The summed E-state index contributed by atoms with van der Waals surface area (Å²) >= 11 is 1.26. The van der Waals surface area contributed by atoms with Crippen LogP contribution in [0.25, 0.3) is 5.00 Å². The molecule has 0 aliphatic carbocycles. The van der Waals surface area contributed by atoms with Gasteiger partial charge in [0.15, 0.2) is 0 Å². The van der Waals surface area contributed by atoms with Gasteiger partial charge in [0, 0.05) is 13.0 Å². The van der Waals surface area contributed by atoms with Crippen LogP contribution in [0.15, 0.2) is 27.1 Å². The van der Waals surface area contributed by atoms with Crippen molar-refractivity contribution in [2.45, 2.75) is 39.7 Å². The summed E-state index contributed by atoms with van der Waals surface area (Å²) in [5, 5.41) is 2.25. The van der Waals surface area contributed by atoms with Crippen LogP contribution < -0.4 is 16.3 Å². The van der Waals surface area contributed by atoms with Crippen LogP contribution in [0.3, 0.4) is 0 Å². The Balaban J connectivity index is 2.56. The number of H-pyrrole nitrogens is 1. The van der Waals surface area contributed by atoms with E-state index in [0.29, 0.717) is 17.8 Å². The SMILES string of the molecule is CCC(CC)N(C(C)=O)c1nc(=O)n(-c2cccs2)c(=O)[nH]1. The number of anilines is 1. The molecular formula is C14H18N4O3S. The molecule has 0 atom stereocenters. The molecule has 0 aliphatic heterocycles. The fourth-order valence-corrected chi connectivity index (χ4v) is 3.07. The molecule has 1 N–H and O–H groups in total. The molecule has 0 bridgehead atoms. The smallest absolute Gasteiger partial charge is 0.279 e. The number of carbonyl (C=O) groups is 1. The number of hydrogen-bond donors (Lipinski definition) is 1. The largest absolute Gasteiger partial charge is 0.360 e. The summed E-state index contributed by atoms with van der Waals surface area (Å²) in [7, 11) is 0. The molecule has 8 heteroatoms. The maximum atomic E-state index is 12.2. The van der Waals surface area contributed by atoms with E-state index in [1.165, 1.54) is 23.2 Å². The maximum absolute atomic E-state index is 12.2. The third kappa shape index (κ3) is 3.01. The van der Waals surface area contributed by atoms with Gasteiger partial charge in [0.1, 0.15) is 5.00 Å². The zero-order valence-electron chi connectivity index (χ0n) is 12.7. The standard InChI is InChI=1S/C14H18N4O3S/c1-4-10(5-2)17(9(3)19)12-15-13(20)18(14(21)16-12)11-7-6-8-22-11/h6-8,10H,4-5H2,1-3H3,(H,15,16,20,21). The van der Waals surface area contributed by atoms with Gasteiger partial charge in [0.25, 0.3) is 0 Å². The number of thiophene rings is 1. The van der Waals surface area contributed by atoms with Gasteiger partial charge in [-0.1, -0.05) is 13.8 Å². The predicted octanol–water partition coefficient (Wildman–Crippen LogP) is 1.52. The van der Waals surface area contributed by atoms with Crippen LogP contribution in [0, 0.1) is 0 Å². The summed E-state index contributed by atoms with van der Waals surface area (Å²) in [5.74, 6) is -0.255. The Morgan fingerprint density at radius 2 is 2.09 bits per heavy atom. The highest BCUT2D eigenvalue weighted by molar-refractivity contribution is 7.12. The fraction of sp³-hybridized carbons (Fsp3) is 0.429. The van der Waals surface area contributed by atoms with Crippen LogP contribution in [-0.2, 0) is 4.79 Å². The summed E-state index contributed by atoms with van der Waals surface area (Å²) in [6.07, 6.45) is 1.40. The molecule has 7 nitrogen and oxygen atoms in total. The van der Waals surface area contributed by atoms with Gasteiger partial charge in [-0.2, -0.15) is 4.98 Å². The zero-order chi connectivity index (χ0) is 16.3. The number of carbonyl (C=O) groups excluding carboxylic acids is 1. The van der Waals surface area contributed by atoms with E-state index < -0.39 is 11.4 Å². The topological polar surface area (TPSA) is 88.1 Å². The summed E-state index contributed by atoms with van der Waals surface area (Å²) in [6.45, 7) is 5.27. The van der Waals surface area contributed by atoms with Crippen molar-refractivity contribution >= 4 is 23.2 Å². The summed E-state index contributed by atoms with van der Waals surface area (Å²) in [4.78, 5) is 44.1. The van der Waals surface area contributed by atoms with Crippen molar-refractivity contribution in [1.29, 1.82) is 0 Å². The molecule has 118 valence electrons. The highest BCUT2D eigenvalue weighted by atomic mass is 32.1. The normalized spacial score (nSPS) is 10.9. The number of nitrogens with one attached hydrogen (secondary N) is 1. The quantitative estimate of drug-likeness (QED) is 0.904. The third-order valence-electron chi connectivity index (χ3n) is 3.42. The molecule has 22 heavy (non-hydrogen) atoms. The Morgan fingerprint density at radius 1 is 1.41 bits per heavy atom. The average molecular weight is 322 g/mol. The van der Waals surface area contributed by atoms with E-state index in [-0.39, 0.29) is 17.9 Å². The first-order chi connectivity index (χ1) is 10.5. The third-order valence-corrected chi connectivity index (χ3v) is 4.27. The Kier molecular flexibility index (Phi) is 4.92. The van der Waals surface area contributed by atoms with E-state index in [9.17, 15) is 14.4 Å². The molecule has 0 spiro atoms. The molecule has 0 aromatic carbocycles. The van der Waals surface area contributed by atoms with E-state index in [1.54, 1.807) is 17.5 Å². The van der Waals surface area contributed by atoms with E-state index in [2.05, 4.69) is 9.97 Å². The van der Waals surface area contributed by atoms with Crippen molar-refractivity contribution in [2.24, 2.45) is 0 Å². The molecule has 2 aromatic heterocycles. The van der Waals surface area contributed by atoms with E-state index in [4.69, 9.17) is 0 Å². The lowest BCUT2D eigenvalue weighted by molar-refractivity contribution is -0.117. The lowest BCUT2D eigenvalue weighted by Gasteiger charge is -2.27. The molecule has 2 heterocycles. The number of nitrogens with zero attached hydrogens (tertiary/aromatic N) is 3. The number of aromatic amines is 1. The molecule has 2 aromatic rings. The lowest BCUT2D eigenvalue weighted by Crippen LogP contribution is -2.44. The lowest BCUT2D eigenvalue weighted by atomic mass is 10.1. The van der Waals surface area contributed by atoms with Gasteiger partial charge in [-0.05, 0) is 30.4 Å². The van der Waals surface area contributed by atoms with E-state index in [1.807, 2.05) is 13.8 Å². The molecule has 0 saturated carbocycles. The van der Waals surface area contributed by atoms with Gasteiger partial charge in [0.2, 0.25) is 11.9 Å². The van der Waals surface area contributed by atoms with E-state index in [0.717, 1.165) is 4.57 Å². The molecule has 0 unspecified atom stereocenters. The first kappa shape index (κ1) is 16.2. The van der Waals surface area contributed by atoms with Gasteiger partial charge in [-0.3, -0.25) is 14.7 Å². The molecule has 2 rings (SSSR count). The van der Waals surface area contributed by atoms with Crippen LogP contribution in [-0.4, -0.2) is 26.5 Å². The van der Waals surface area contributed by atoms with E-state index >= 15 is 0 Å². The van der Waals surface area contributed by atoms with Crippen molar-refractivity contribution < 1.29 is 4.79 Å². The van der Waals surface area contributed by atoms with Gasteiger partial charge < -0.3 is 0 Å². The average Bonchev–Trinajstić information content (AvgIpc) is 2.97. The second-order valence-corrected chi connectivity index (χ2v) is 5.72. The van der Waals surface area contributed by atoms with Crippen LogP contribution >= 0.6 is 11.3 Å². The Bertz CT molecular complexity index is 728. The van der Waals surface area contributed by atoms with Crippen molar-refractivity contribution in [3.05, 3.63) is 38.5 Å². The summed E-state index contributed by atoms with van der Waals surface area (Å²) in [5.41, 5.74) is -1.30. The highest BCUT2D eigenvalue weighted by Crippen LogP contribution is 2.15. The van der Waals surface area contributed by atoms with Crippen LogP contribution in [0.2, 0.25) is 0 Å².